The van der Waals surface area contributed by atoms with Crippen LogP contribution >= 0.6 is 0 Å². The number of hydrogen-bond donors (Lipinski definition) is 3. The number of aryl methyl sites for hydroxylation is 2. The highest BCUT2D eigenvalue weighted by Crippen LogP contribution is 2.24. The lowest BCUT2D eigenvalue weighted by atomic mass is 9.94. The summed E-state index contributed by atoms with van der Waals surface area (Å²) in [5, 5.41) is 10.3. The van der Waals surface area contributed by atoms with Crippen LogP contribution in [0.2, 0.25) is 0 Å². The molecule has 2 unspecified atom stereocenters. The lowest BCUT2D eigenvalue weighted by Crippen LogP contribution is -2.50. The summed E-state index contributed by atoms with van der Waals surface area (Å²) >= 11 is 0. The number of piperidine rings is 1. The van der Waals surface area contributed by atoms with Crippen molar-refractivity contribution < 1.29 is 9.59 Å². The van der Waals surface area contributed by atoms with Gasteiger partial charge in [-0.15, -0.1) is 0 Å². The average Bonchev–Trinajstić information content (AvgIpc) is 3.17. The minimum Gasteiger partial charge on any atom is -0.365 e. The minimum absolute atomic E-state index is 0.00202. The van der Waals surface area contributed by atoms with Gasteiger partial charge in [0, 0.05) is 31.1 Å². The van der Waals surface area contributed by atoms with Gasteiger partial charge in [-0.1, -0.05) is 0 Å². The molecule has 2 aromatic heterocycles. The molecular formula is C16H21N5O2. The molecule has 3 heterocycles. The van der Waals surface area contributed by atoms with E-state index >= 15 is 0 Å². The molecule has 7 nitrogen and oxygen atoms in total. The number of aromatic amines is 1. The summed E-state index contributed by atoms with van der Waals surface area (Å²) in [5.41, 5.74) is 2.37. The highest BCUT2D eigenvalue weighted by Gasteiger charge is 2.33. The van der Waals surface area contributed by atoms with Gasteiger partial charge in [-0.3, -0.25) is 14.3 Å². The maximum absolute atomic E-state index is 12.5. The molecule has 2 aromatic rings. The lowest BCUT2D eigenvalue weighted by molar-refractivity contribution is -0.123. The standard InChI is InChI=1S/C16H21N5O2/c1-3-21-13(7-9-18-21)15-12(4-5-14(22)20-15)19-16(23)11-6-8-17-10(11)2/h6-9,12,15,17H,3-5H2,1-2H3,(H,19,23)(H,20,22). The summed E-state index contributed by atoms with van der Waals surface area (Å²) in [6.07, 6.45) is 4.49. The Morgan fingerprint density at radius 1 is 1.48 bits per heavy atom. The van der Waals surface area contributed by atoms with E-state index in [1.54, 1.807) is 18.5 Å². The van der Waals surface area contributed by atoms with Crippen molar-refractivity contribution in [3.05, 3.63) is 41.5 Å². The smallest absolute Gasteiger partial charge is 0.253 e. The Labute approximate surface area is 134 Å². The Bertz CT molecular complexity index is 718. The number of carbonyl (C=O) groups excluding carboxylic acids is 2. The Hall–Kier alpha value is -2.57. The number of carbonyl (C=O) groups is 2. The third-order valence-corrected chi connectivity index (χ3v) is 4.28. The molecule has 7 heteroatoms. The van der Waals surface area contributed by atoms with Gasteiger partial charge in [-0.25, -0.2) is 0 Å². The Balaban J connectivity index is 1.82. The maximum Gasteiger partial charge on any atom is 0.253 e. The van der Waals surface area contributed by atoms with Crippen molar-refractivity contribution in [3.63, 3.8) is 0 Å². The number of amides is 2. The lowest BCUT2D eigenvalue weighted by Gasteiger charge is -2.33. The fourth-order valence-corrected chi connectivity index (χ4v) is 3.05. The Morgan fingerprint density at radius 2 is 2.30 bits per heavy atom. The number of nitrogens with zero attached hydrogens (tertiary/aromatic N) is 2. The molecule has 0 bridgehead atoms. The first-order valence-electron chi connectivity index (χ1n) is 7.86. The van der Waals surface area contributed by atoms with E-state index in [1.165, 1.54) is 0 Å². The van der Waals surface area contributed by atoms with E-state index in [4.69, 9.17) is 0 Å². The van der Waals surface area contributed by atoms with Crippen molar-refractivity contribution in [2.75, 3.05) is 0 Å². The van der Waals surface area contributed by atoms with Gasteiger partial charge < -0.3 is 15.6 Å². The second-order valence-corrected chi connectivity index (χ2v) is 5.75. The third kappa shape index (κ3) is 2.99. The molecule has 1 fully saturated rings. The van der Waals surface area contributed by atoms with Crippen molar-refractivity contribution in [2.45, 2.75) is 45.3 Å². The SMILES string of the molecule is CCn1nccc1C1NC(=O)CCC1NC(=O)c1cc[nH]c1C. The summed E-state index contributed by atoms with van der Waals surface area (Å²) in [7, 11) is 0. The predicted molar refractivity (Wildman–Crippen MR) is 84.8 cm³/mol. The van der Waals surface area contributed by atoms with Gasteiger partial charge in [-0.2, -0.15) is 5.10 Å². The summed E-state index contributed by atoms with van der Waals surface area (Å²) in [5.74, 6) is -0.125. The van der Waals surface area contributed by atoms with Gasteiger partial charge >= 0.3 is 0 Å². The molecule has 1 saturated heterocycles. The number of rotatable bonds is 4. The van der Waals surface area contributed by atoms with Crippen LogP contribution in [0.15, 0.2) is 24.5 Å². The van der Waals surface area contributed by atoms with Crippen LogP contribution in [0.1, 0.15) is 47.6 Å². The largest absolute Gasteiger partial charge is 0.365 e. The highest BCUT2D eigenvalue weighted by molar-refractivity contribution is 5.95. The molecule has 122 valence electrons. The fourth-order valence-electron chi connectivity index (χ4n) is 3.05. The van der Waals surface area contributed by atoms with Crippen LogP contribution in [0.3, 0.4) is 0 Å². The van der Waals surface area contributed by atoms with Crippen LogP contribution in [0.5, 0.6) is 0 Å². The zero-order valence-electron chi connectivity index (χ0n) is 13.3. The number of nitrogens with one attached hydrogen (secondary N) is 3. The summed E-state index contributed by atoms with van der Waals surface area (Å²) in [6.45, 7) is 4.57. The van der Waals surface area contributed by atoms with Crippen LogP contribution in [0.25, 0.3) is 0 Å². The van der Waals surface area contributed by atoms with Crippen molar-refractivity contribution in [1.29, 1.82) is 0 Å². The maximum atomic E-state index is 12.5. The van der Waals surface area contributed by atoms with E-state index in [2.05, 4.69) is 20.7 Å². The van der Waals surface area contributed by atoms with Crippen LogP contribution in [0.4, 0.5) is 0 Å². The van der Waals surface area contributed by atoms with E-state index < -0.39 is 0 Å². The van der Waals surface area contributed by atoms with Crippen LogP contribution in [-0.4, -0.2) is 32.6 Å². The van der Waals surface area contributed by atoms with Crippen LogP contribution < -0.4 is 10.6 Å². The topological polar surface area (TPSA) is 91.8 Å². The van der Waals surface area contributed by atoms with Gasteiger partial charge in [0.15, 0.2) is 0 Å². The summed E-state index contributed by atoms with van der Waals surface area (Å²) in [4.78, 5) is 27.3. The molecule has 3 N–H and O–H groups in total. The van der Waals surface area contributed by atoms with E-state index in [0.29, 0.717) is 24.9 Å². The first kappa shape index (κ1) is 15.3. The average molecular weight is 315 g/mol. The van der Waals surface area contributed by atoms with Crippen LogP contribution in [0, 0.1) is 6.92 Å². The number of H-pyrrole nitrogens is 1. The second-order valence-electron chi connectivity index (χ2n) is 5.75. The Kier molecular flexibility index (Phi) is 4.18. The van der Waals surface area contributed by atoms with Gasteiger partial charge in [0.2, 0.25) is 5.91 Å². The molecule has 23 heavy (non-hydrogen) atoms. The van der Waals surface area contributed by atoms with Gasteiger partial charge in [0.1, 0.15) is 0 Å². The van der Waals surface area contributed by atoms with Crippen molar-refractivity contribution in [1.82, 2.24) is 25.4 Å². The molecule has 2 atom stereocenters. The van der Waals surface area contributed by atoms with E-state index in [-0.39, 0.29) is 23.9 Å². The van der Waals surface area contributed by atoms with Gasteiger partial charge in [0.25, 0.3) is 5.91 Å². The molecule has 0 spiro atoms. The molecule has 0 saturated carbocycles. The molecular weight excluding hydrogens is 294 g/mol. The van der Waals surface area contributed by atoms with Crippen LogP contribution in [-0.2, 0) is 11.3 Å². The normalized spacial score (nSPS) is 21.0. The monoisotopic (exact) mass is 315 g/mol. The van der Waals surface area contributed by atoms with E-state index in [0.717, 1.165) is 11.4 Å². The Morgan fingerprint density at radius 3 is 3.00 bits per heavy atom. The molecule has 0 radical (unpaired) electrons. The van der Waals surface area contributed by atoms with E-state index in [1.807, 2.05) is 24.6 Å². The first-order chi connectivity index (χ1) is 11.1. The minimum atomic E-state index is -0.262. The fraction of sp³-hybridized carbons (Fsp3) is 0.438. The van der Waals surface area contributed by atoms with E-state index in [9.17, 15) is 9.59 Å². The van der Waals surface area contributed by atoms with Crippen molar-refractivity contribution in [2.24, 2.45) is 0 Å². The third-order valence-electron chi connectivity index (χ3n) is 4.28. The molecule has 0 aliphatic carbocycles. The zero-order valence-corrected chi connectivity index (χ0v) is 13.3. The molecule has 0 aromatic carbocycles. The molecule has 3 rings (SSSR count). The zero-order chi connectivity index (χ0) is 16.4. The van der Waals surface area contributed by atoms with Crippen molar-refractivity contribution >= 4 is 11.8 Å². The highest BCUT2D eigenvalue weighted by atomic mass is 16.2. The number of aromatic nitrogens is 3. The molecule has 2 amide bonds. The van der Waals surface area contributed by atoms with Crippen molar-refractivity contribution in [3.8, 4) is 0 Å². The quantitative estimate of drug-likeness (QED) is 0.794. The van der Waals surface area contributed by atoms with Gasteiger partial charge in [0.05, 0.1) is 23.3 Å². The first-order valence-corrected chi connectivity index (χ1v) is 7.86. The molecule has 1 aliphatic heterocycles. The second kappa shape index (κ2) is 6.28. The summed E-state index contributed by atoms with van der Waals surface area (Å²) in [6, 6.07) is 3.23. The summed E-state index contributed by atoms with van der Waals surface area (Å²) < 4.78 is 1.84. The molecule has 1 aliphatic rings. The predicted octanol–water partition coefficient (Wildman–Crippen LogP) is 1.29. The number of hydrogen-bond acceptors (Lipinski definition) is 3. The van der Waals surface area contributed by atoms with Gasteiger partial charge in [-0.05, 0) is 32.4 Å².